The molecular formula is C15H21NOS. The van der Waals surface area contributed by atoms with E-state index < -0.39 is 0 Å². The quantitative estimate of drug-likeness (QED) is 0.799. The van der Waals surface area contributed by atoms with E-state index in [1.807, 2.05) is 11.8 Å². The van der Waals surface area contributed by atoms with Crippen molar-refractivity contribution < 1.29 is 4.79 Å². The van der Waals surface area contributed by atoms with Crippen LogP contribution in [0.25, 0.3) is 0 Å². The van der Waals surface area contributed by atoms with Gasteiger partial charge in [0.2, 0.25) is 5.91 Å². The molecule has 18 heavy (non-hydrogen) atoms. The van der Waals surface area contributed by atoms with Crippen LogP contribution in [-0.4, -0.2) is 24.5 Å². The summed E-state index contributed by atoms with van der Waals surface area (Å²) in [5.74, 6) is 1.76. The van der Waals surface area contributed by atoms with Gasteiger partial charge in [-0.3, -0.25) is 4.79 Å². The van der Waals surface area contributed by atoms with Gasteiger partial charge in [0, 0.05) is 13.0 Å². The smallest absolute Gasteiger partial charge is 0.220 e. The molecule has 1 amide bonds. The van der Waals surface area contributed by atoms with E-state index in [2.05, 4.69) is 35.8 Å². The molecule has 1 aromatic rings. The number of nitrogens with one attached hydrogen (secondary N) is 1. The van der Waals surface area contributed by atoms with E-state index in [-0.39, 0.29) is 5.91 Å². The largest absolute Gasteiger partial charge is 0.356 e. The standard InChI is InChI=1S/C15H21NOS/c1-18-10-4-9-16-15(17)11-13-8-7-12-5-2-3-6-14(12)13/h2-3,5-6,13H,4,7-11H2,1H3,(H,16,17)/t13-/m0/s1. The summed E-state index contributed by atoms with van der Waals surface area (Å²) in [6.45, 7) is 0.814. The van der Waals surface area contributed by atoms with Crippen LogP contribution in [0.5, 0.6) is 0 Å². The summed E-state index contributed by atoms with van der Waals surface area (Å²) < 4.78 is 0. The third-order valence-corrected chi connectivity index (χ3v) is 4.23. The fourth-order valence-corrected chi connectivity index (χ4v) is 3.03. The predicted octanol–water partition coefficient (Wildman–Crippen LogP) is 2.98. The minimum atomic E-state index is 0.206. The molecule has 0 saturated carbocycles. The van der Waals surface area contributed by atoms with Gasteiger partial charge in [-0.1, -0.05) is 24.3 Å². The lowest BCUT2D eigenvalue weighted by atomic mass is 9.97. The van der Waals surface area contributed by atoms with E-state index >= 15 is 0 Å². The van der Waals surface area contributed by atoms with Crippen molar-refractivity contribution in [1.82, 2.24) is 5.32 Å². The Morgan fingerprint density at radius 3 is 3.11 bits per heavy atom. The normalized spacial score (nSPS) is 17.5. The number of thioether (sulfide) groups is 1. The first-order chi connectivity index (χ1) is 8.81. The summed E-state index contributed by atoms with van der Waals surface area (Å²) >= 11 is 1.83. The van der Waals surface area contributed by atoms with Crippen LogP contribution < -0.4 is 5.32 Å². The molecular weight excluding hydrogens is 242 g/mol. The van der Waals surface area contributed by atoms with Crippen molar-refractivity contribution in [2.75, 3.05) is 18.6 Å². The van der Waals surface area contributed by atoms with E-state index in [4.69, 9.17) is 0 Å². The molecule has 1 N–H and O–H groups in total. The first kappa shape index (κ1) is 13.5. The summed E-state index contributed by atoms with van der Waals surface area (Å²) in [6.07, 6.45) is 6.06. The molecule has 0 bridgehead atoms. The average molecular weight is 263 g/mol. The Kier molecular flexibility index (Phi) is 5.12. The second kappa shape index (κ2) is 6.83. The van der Waals surface area contributed by atoms with Crippen molar-refractivity contribution in [2.24, 2.45) is 0 Å². The maximum atomic E-state index is 11.9. The minimum Gasteiger partial charge on any atom is -0.356 e. The van der Waals surface area contributed by atoms with Crippen molar-refractivity contribution in [3.8, 4) is 0 Å². The monoisotopic (exact) mass is 263 g/mol. The zero-order valence-corrected chi connectivity index (χ0v) is 11.8. The molecule has 1 aliphatic carbocycles. The number of hydrogen-bond acceptors (Lipinski definition) is 2. The zero-order chi connectivity index (χ0) is 12.8. The third kappa shape index (κ3) is 3.52. The number of carbonyl (C=O) groups is 1. The number of carbonyl (C=O) groups excluding carboxylic acids is 1. The van der Waals surface area contributed by atoms with Gasteiger partial charge in [-0.15, -0.1) is 0 Å². The molecule has 0 aliphatic heterocycles. The minimum absolute atomic E-state index is 0.206. The van der Waals surface area contributed by atoms with Crippen LogP contribution in [0.3, 0.4) is 0 Å². The number of hydrogen-bond donors (Lipinski definition) is 1. The lowest BCUT2D eigenvalue weighted by Gasteiger charge is -2.11. The van der Waals surface area contributed by atoms with Gasteiger partial charge in [0.05, 0.1) is 0 Å². The SMILES string of the molecule is CSCCCNC(=O)C[C@@H]1CCc2ccccc21. The molecule has 0 spiro atoms. The Labute approximate surface area is 114 Å². The molecule has 0 saturated heterocycles. The molecule has 98 valence electrons. The van der Waals surface area contributed by atoms with Gasteiger partial charge in [0.1, 0.15) is 0 Å². The number of benzene rings is 1. The van der Waals surface area contributed by atoms with Gasteiger partial charge in [-0.05, 0) is 48.3 Å². The Bertz CT molecular complexity index is 405. The first-order valence-corrected chi connectivity index (χ1v) is 8.04. The number of fused-ring (bicyclic) bond motifs is 1. The zero-order valence-electron chi connectivity index (χ0n) is 10.9. The Balaban J connectivity index is 1.79. The van der Waals surface area contributed by atoms with Gasteiger partial charge in [0.25, 0.3) is 0 Å². The number of rotatable bonds is 6. The number of amides is 1. The van der Waals surface area contributed by atoms with Crippen LogP contribution in [0.4, 0.5) is 0 Å². The average Bonchev–Trinajstić information content (AvgIpc) is 2.78. The van der Waals surface area contributed by atoms with Crippen LogP contribution >= 0.6 is 11.8 Å². The summed E-state index contributed by atoms with van der Waals surface area (Å²) in [5, 5.41) is 3.02. The maximum absolute atomic E-state index is 11.9. The fraction of sp³-hybridized carbons (Fsp3) is 0.533. The molecule has 0 radical (unpaired) electrons. The summed E-state index contributed by atoms with van der Waals surface area (Å²) in [6, 6.07) is 8.52. The highest BCUT2D eigenvalue weighted by molar-refractivity contribution is 7.98. The van der Waals surface area contributed by atoms with Gasteiger partial charge >= 0.3 is 0 Å². The Morgan fingerprint density at radius 1 is 1.44 bits per heavy atom. The van der Waals surface area contributed by atoms with E-state index in [1.54, 1.807) is 0 Å². The lowest BCUT2D eigenvalue weighted by molar-refractivity contribution is -0.121. The molecule has 3 heteroatoms. The van der Waals surface area contributed by atoms with Crippen LogP contribution in [0.15, 0.2) is 24.3 Å². The molecule has 0 unspecified atom stereocenters. The van der Waals surface area contributed by atoms with E-state index in [1.165, 1.54) is 11.1 Å². The van der Waals surface area contributed by atoms with Crippen LogP contribution in [0.1, 0.15) is 36.3 Å². The Hall–Kier alpha value is -0.960. The summed E-state index contributed by atoms with van der Waals surface area (Å²) in [7, 11) is 0. The van der Waals surface area contributed by atoms with Crippen LogP contribution in [0.2, 0.25) is 0 Å². The second-order valence-corrected chi connectivity index (χ2v) is 5.82. The van der Waals surface area contributed by atoms with Crippen molar-refractivity contribution in [2.45, 2.75) is 31.6 Å². The molecule has 0 fully saturated rings. The van der Waals surface area contributed by atoms with Crippen molar-refractivity contribution in [1.29, 1.82) is 0 Å². The molecule has 1 aromatic carbocycles. The highest BCUT2D eigenvalue weighted by atomic mass is 32.2. The third-order valence-electron chi connectivity index (χ3n) is 3.54. The second-order valence-electron chi connectivity index (χ2n) is 4.83. The van der Waals surface area contributed by atoms with Crippen molar-refractivity contribution in [3.63, 3.8) is 0 Å². The highest BCUT2D eigenvalue weighted by Gasteiger charge is 2.23. The molecule has 0 aromatic heterocycles. The number of aryl methyl sites for hydroxylation is 1. The molecule has 2 nitrogen and oxygen atoms in total. The van der Waals surface area contributed by atoms with Gasteiger partial charge in [0.15, 0.2) is 0 Å². The molecule has 1 aliphatic rings. The fourth-order valence-electron chi connectivity index (χ4n) is 2.60. The summed E-state index contributed by atoms with van der Waals surface area (Å²) in [5.41, 5.74) is 2.81. The van der Waals surface area contributed by atoms with Gasteiger partial charge in [-0.2, -0.15) is 11.8 Å². The van der Waals surface area contributed by atoms with Crippen molar-refractivity contribution >= 4 is 17.7 Å². The van der Waals surface area contributed by atoms with Crippen LogP contribution in [0, 0.1) is 0 Å². The van der Waals surface area contributed by atoms with Gasteiger partial charge in [-0.25, -0.2) is 0 Å². The van der Waals surface area contributed by atoms with E-state index in [0.29, 0.717) is 12.3 Å². The van der Waals surface area contributed by atoms with E-state index in [0.717, 1.165) is 31.6 Å². The van der Waals surface area contributed by atoms with Crippen LogP contribution in [-0.2, 0) is 11.2 Å². The first-order valence-electron chi connectivity index (χ1n) is 6.64. The van der Waals surface area contributed by atoms with E-state index in [9.17, 15) is 4.79 Å². The molecule has 2 rings (SSSR count). The van der Waals surface area contributed by atoms with Gasteiger partial charge < -0.3 is 5.32 Å². The maximum Gasteiger partial charge on any atom is 0.220 e. The molecule has 0 heterocycles. The lowest BCUT2D eigenvalue weighted by Crippen LogP contribution is -2.26. The van der Waals surface area contributed by atoms with Crippen molar-refractivity contribution in [3.05, 3.63) is 35.4 Å². The Morgan fingerprint density at radius 2 is 2.28 bits per heavy atom. The molecule has 1 atom stereocenters. The predicted molar refractivity (Wildman–Crippen MR) is 78.1 cm³/mol. The summed E-state index contributed by atoms with van der Waals surface area (Å²) in [4.78, 5) is 11.9. The topological polar surface area (TPSA) is 29.1 Å². The highest BCUT2D eigenvalue weighted by Crippen LogP contribution is 2.34.